The van der Waals surface area contributed by atoms with Gasteiger partial charge in [-0.2, -0.15) is 0 Å². The number of aromatic hydroxyl groups is 1. The van der Waals surface area contributed by atoms with Crippen LogP contribution in [0.5, 0.6) is 5.75 Å². The van der Waals surface area contributed by atoms with Gasteiger partial charge in [-0.05, 0) is 43.3 Å². The zero-order valence-corrected chi connectivity index (χ0v) is 14.6. The van der Waals surface area contributed by atoms with Gasteiger partial charge >= 0.3 is 0 Å². The molecule has 1 atom stereocenters. The van der Waals surface area contributed by atoms with Crippen LogP contribution in [0.25, 0.3) is 11.0 Å². The number of rotatable bonds is 5. The normalized spacial score (nSPS) is 12.1. The average molecular weight is 355 g/mol. The number of anilines is 1. The summed E-state index contributed by atoms with van der Waals surface area (Å²) in [5.74, 6) is -0.147. The molecule has 0 aliphatic heterocycles. The van der Waals surface area contributed by atoms with E-state index in [2.05, 4.69) is 5.32 Å². The Kier molecular flexibility index (Phi) is 4.81. The number of benzene rings is 2. The minimum absolute atomic E-state index is 0.149. The van der Waals surface area contributed by atoms with Crippen molar-refractivity contribution in [3.05, 3.63) is 54.3 Å². The van der Waals surface area contributed by atoms with Gasteiger partial charge in [0.15, 0.2) is 11.5 Å². The predicted octanol–water partition coefficient (Wildman–Crippen LogP) is 4.46. The number of furan rings is 1. The molecule has 0 aliphatic rings. The van der Waals surface area contributed by atoms with Gasteiger partial charge in [-0.3, -0.25) is 9.59 Å². The Morgan fingerprint density at radius 2 is 1.80 bits per heavy atom. The van der Waals surface area contributed by atoms with Crippen molar-refractivity contribution in [3.8, 4) is 5.75 Å². The molecule has 1 aromatic heterocycles. The van der Waals surface area contributed by atoms with Crippen molar-refractivity contribution in [2.75, 3.05) is 5.32 Å². The third kappa shape index (κ3) is 3.69. The summed E-state index contributed by atoms with van der Waals surface area (Å²) in [6.07, 6.45) is 0. The SMILES string of the molecule is CC(=O)c1oc2ccccc2c1NC(=O)[C@@H](C)Sc1ccc(O)cc1. The van der Waals surface area contributed by atoms with Crippen LogP contribution < -0.4 is 5.32 Å². The maximum absolute atomic E-state index is 12.6. The van der Waals surface area contributed by atoms with E-state index in [4.69, 9.17) is 4.42 Å². The van der Waals surface area contributed by atoms with Gasteiger partial charge in [0.1, 0.15) is 11.3 Å². The quantitative estimate of drug-likeness (QED) is 0.522. The number of phenols is 1. The Morgan fingerprint density at radius 3 is 2.48 bits per heavy atom. The van der Waals surface area contributed by atoms with Crippen molar-refractivity contribution < 1.29 is 19.1 Å². The summed E-state index contributed by atoms with van der Waals surface area (Å²) in [5.41, 5.74) is 0.966. The fourth-order valence-corrected chi connectivity index (χ4v) is 3.29. The summed E-state index contributed by atoms with van der Waals surface area (Å²) in [4.78, 5) is 25.3. The first-order valence-electron chi connectivity index (χ1n) is 7.74. The van der Waals surface area contributed by atoms with Crippen LogP contribution in [-0.4, -0.2) is 22.0 Å². The van der Waals surface area contributed by atoms with E-state index in [1.807, 2.05) is 12.1 Å². The highest BCUT2D eigenvalue weighted by Gasteiger charge is 2.22. The lowest BCUT2D eigenvalue weighted by Gasteiger charge is -2.12. The molecule has 0 saturated carbocycles. The largest absolute Gasteiger partial charge is 0.508 e. The molecule has 2 aromatic carbocycles. The highest BCUT2D eigenvalue weighted by molar-refractivity contribution is 8.00. The molecule has 2 N–H and O–H groups in total. The molecule has 3 aromatic rings. The molecule has 0 aliphatic carbocycles. The Morgan fingerprint density at radius 1 is 1.12 bits per heavy atom. The van der Waals surface area contributed by atoms with Gasteiger partial charge in [0, 0.05) is 17.2 Å². The lowest BCUT2D eigenvalue weighted by molar-refractivity contribution is -0.115. The molecule has 1 heterocycles. The van der Waals surface area contributed by atoms with Crippen molar-refractivity contribution in [2.24, 2.45) is 0 Å². The van der Waals surface area contributed by atoms with E-state index in [9.17, 15) is 14.7 Å². The van der Waals surface area contributed by atoms with Crippen molar-refractivity contribution >= 4 is 40.1 Å². The van der Waals surface area contributed by atoms with Gasteiger partial charge in [0.25, 0.3) is 0 Å². The molecule has 1 amide bonds. The number of phenolic OH excluding ortho intramolecular Hbond substituents is 1. The molecule has 3 rings (SSSR count). The van der Waals surface area contributed by atoms with Crippen molar-refractivity contribution in [3.63, 3.8) is 0 Å². The third-order valence-electron chi connectivity index (χ3n) is 3.68. The molecule has 128 valence electrons. The van der Waals surface area contributed by atoms with Gasteiger partial charge in [-0.25, -0.2) is 0 Å². The van der Waals surface area contributed by atoms with Crippen LogP contribution in [0.15, 0.2) is 57.8 Å². The second-order valence-corrected chi connectivity index (χ2v) is 7.02. The van der Waals surface area contributed by atoms with Crippen LogP contribution in [0.3, 0.4) is 0 Å². The van der Waals surface area contributed by atoms with Crippen LogP contribution >= 0.6 is 11.8 Å². The first kappa shape index (κ1) is 17.1. The Labute approximate surface area is 149 Å². The number of fused-ring (bicyclic) bond motifs is 1. The number of carbonyl (C=O) groups is 2. The number of hydrogen-bond donors (Lipinski definition) is 2. The second kappa shape index (κ2) is 7.03. The Balaban J connectivity index is 1.82. The minimum atomic E-state index is -0.391. The summed E-state index contributed by atoms with van der Waals surface area (Å²) in [5, 5.41) is 12.5. The van der Waals surface area contributed by atoms with Crippen LogP contribution in [0.4, 0.5) is 5.69 Å². The number of para-hydroxylation sites is 1. The van der Waals surface area contributed by atoms with Gasteiger partial charge < -0.3 is 14.8 Å². The molecule has 25 heavy (non-hydrogen) atoms. The van der Waals surface area contributed by atoms with Crippen molar-refractivity contribution in [2.45, 2.75) is 24.0 Å². The van der Waals surface area contributed by atoms with Gasteiger partial charge in [-0.15, -0.1) is 11.8 Å². The van der Waals surface area contributed by atoms with Crippen LogP contribution in [0, 0.1) is 0 Å². The van der Waals surface area contributed by atoms with E-state index in [1.54, 1.807) is 43.3 Å². The number of thioether (sulfide) groups is 1. The average Bonchev–Trinajstić information content (AvgIpc) is 2.96. The molecule has 0 bridgehead atoms. The summed E-state index contributed by atoms with van der Waals surface area (Å²) in [7, 11) is 0. The molecule has 0 saturated heterocycles. The van der Waals surface area contributed by atoms with Crippen molar-refractivity contribution in [1.29, 1.82) is 0 Å². The maximum atomic E-state index is 12.6. The smallest absolute Gasteiger partial charge is 0.237 e. The molecular weight excluding hydrogens is 338 g/mol. The predicted molar refractivity (Wildman–Crippen MR) is 98.3 cm³/mol. The highest BCUT2D eigenvalue weighted by Crippen LogP contribution is 2.32. The first-order chi connectivity index (χ1) is 12.0. The number of nitrogens with one attached hydrogen (secondary N) is 1. The number of Topliss-reactive ketones (excluding diaryl/α,β-unsaturated/α-hetero) is 1. The third-order valence-corrected chi connectivity index (χ3v) is 4.79. The number of amides is 1. The van der Waals surface area contributed by atoms with E-state index in [1.165, 1.54) is 18.7 Å². The van der Waals surface area contributed by atoms with Crippen LogP contribution in [0.1, 0.15) is 24.4 Å². The zero-order chi connectivity index (χ0) is 18.0. The van der Waals surface area contributed by atoms with E-state index in [0.717, 1.165) is 4.90 Å². The van der Waals surface area contributed by atoms with E-state index >= 15 is 0 Å². The second-order valence-electron chi connectivity index (χ2n) is 5.60. The summed E-state index contributed by atoms with van der Waals surface area (Å²) in [6, 6.07) is 13.8. The van der Waals surface area contributed by atoms with E-state index < -0.39 is 5.25 Å². The van der Waals surface area contributed by atoms with Crippen LogP contribution in [-0.2, 0) is 4.79 Å². The molecule has 5 nitrogen and oxygen atoms in total. The monoisotopic (exact) mass is 355 g/mol. The molecular formula is C19H17NO4S. The van der Waals surface area contributed by atoms with E-state index in [0.29, 0.717) is 16.7 Å². The highest BCUT2D eigenvalue weighted by atomic mass is 32.2. The van der Waals surface area contributed by atoms with Gasteiger partial charge in [0.05, 0.1) is 10.9 Å². The summed E-state index contributed by atoms with van der Waals surface area (Å²) >= 11 is 1.36. The number of carbonyl (C=O) groups excluding carboxylic acids is 2. The Hall–Kier alpha value is -2.73. The standard InChI is InChI=1S/C19H17NO4S/c1-11(21)18-17(15-5-3-4-6-16(15)24-18)20-19(23)12(2)25-14-9-7-13(22)8-10-14/h3-10,12,22H,1-2H3,(H,20,23)/t12-/m1/s1. The van der Waals surface area contributed by atoms with Gasteiger partial charge in [0.2, 0.25) is 5.91 Å². The Bertz CT molecular complexity index is 930. The number of ketones is 1. The molecule has 6 heteroatoms. The summed E-state index contributed by atoms with van der Waals surface area (Å²) in [6.45, 7) is 3.19. The topological polar surface area (TPSA) is 79.5 Å². The van der Waals surface area contributed by atoms with E-state index in [-0.39, 0.29) is 23.2 Å². The lowest BCUT2D eigenvalue weighted by atomic mass is 10.2. The van der Waals surface area contributed by atoms with Crippen LogP contribution in [0.2, 0.25) is 0 Å². The minimum Gasteiger partial charge on any atom is -0.508 e. The fraction of sp³-hybridized carbons (Fsp3) is 0.158. The number of hydrogen-bond acceptors (Lipinski definition) is 5. The first-order valence-corrected chi connectivity index (χ1v) is 8.62. The molecule has 0 spiro atoms. The zero-order valence-electron chi connectivity index (χ0n) is 13.8. The molecule has 0 unspecified atom stereocenters. The van der Waals surface area contributed by atoms with Gasteiger partial charge in [-0.1, -0.05) is 12.1 Å². The van der Waals surface area contributed by atoms with Crippen molar-refractivity contribution in [1.82, 2.24) is 0 Å². The summed E-state index contributed by atoms with van der Waals surface area (Å²) < 4.78 is 5.57. The maximum Gasteiger partial charge on any atom is 0.237 e. The molecule has 0 radical (unpaired) electrons. The fourth-order valence-electron chi connectivity index (χ4n) is 2.42. The lowest BCUT2D eigenvalue weighted by Crippen LogP contribution is -2.23. The molecule has 0 fully saturated rings.